The third kappa shape index (κ3) is 6.23. The molecule has 0 spiro atoms. The molecular weight excluding hydrogens is 462 g/mol. The van der Waals surface area contributed by atoms with E-state index in [0.29, 0.717) is 16.3 Å². The van der Waals surface area contributed by atoms with E-state index in [-0.39, 0.29) is 6.04 Å². The van der Waals surface area contributed by atoms with Crippen LogP contribution in [0.25, 0.3) is 22.2 Å². The van der Waals surface area contributed by atoms with E-state index < -0.39 is 11.0 Å². The predicted molar refractivity (Wildman–Crippen MR) is 138 cm³/mol. The molecule has 4 rings (SSSR count). The van der Waals surface area contributed by atoms with Gasteiger partial charge >= 0.3 is 0 Å². The summed E-state index contributed by atoms with van der Waals surface area (Å²) in [5, 5.41) is 1.51. The van der Waals surface area contributed by atoms with Gasteiger partial charge in [0.1, 0.15) is 17.3 Å². The maximum absolute atomic E-state index is 12.9. The van der Waals surface area contributed by atoms with E-state index in [1.807, 2.05) is 49.7 Å². The summed E-state index contributed by atoms with van der Waals surface area (Å²) < 4.78 is 19.0. The molecular formula is C24H30ClN3O2S2. The lowest BCUT2D eigenvalue weighted by Gasteiger charge is -2.22. The maximum atomic E-state index is 12.9. The van der Waals surface area contributed by atoms with Gasteiger partial charge in [-0.05, 0) is 55.5 Å². The van der Waals surface area contributed by atoms with Crippen molar-refractivity contribution in [2.45, 2.75) is 49.5 Å². The number of aromatic amines is 1. The molecule has 8 heteroatoms. The molecule has 0 bridgehead atoms. The maximum Gasteiger partial charge on any atom is 0.126 e. The highest BCUT2D eigenvalue weighted by Gasteiger charge is 2.19. The van der Waals surface area contributed by atoms with Crippen LogP contribution in [0.2, 0.25) is 5.02 Å². The number of aromatic nitrogens is 1. The second-order valence-corrected chi connectivity index (χ2v) is 10.1. The number of fused-ring (bicyclic) bond motifs is 1. The fourth-order valence-electron chi connectivity index (χ4n) is 3.98. The average Bonchev–Trinajstić information content (AvgIpc) is 3.19. The van der Waals surface area contributed by atoms with Crippen LogP contribution in [0, 0.1) is 0 Å². The normalized spacial score (nSPS) is 15.2. The summed E-state index contributed by atoms with van der Waals surface area (Å²) in [6.45, 7) is 0. The zero-order valence-corrected chi connectivity index (χ0v) is 20.8. The molecule has 1 aromatic heterocycles. The number of para-hydroxylation sites is 1. The Bertz CT molecular complexity index is 1060. The number of carbonyl (C=O) groups excluding carboxylic acids is 1. The van der Waals surface area contributed by atoms with Crippen LogP contribution in [-0.4, -0.2) is 34.8 Å². The van der Waals surface area contributed by atoms with Gasteiger partial charge in [0.15, 0.2) is 0 Å². The minimum Gasteiger partial charge on any atom is -0.354 e. The van der Waals surface area contributed by atoms with Gasteiger partial charge < -0.3 is 9.78 Å². The van der Waals surface area contributed by atoms with Crippen LogP contribution >= 0.6 is 23.5 Å². The molecule has 1 aliphatic carbocycles. The van der Waals surface area contributed by atoms with Crippen LogP contribution in [0.1, 0.15) is 37.7 Å². The number of hydrogen-bond acceptors (Lipinski definition) is 4. The quantitative estimate of drug-likeness (QED) is 0.294. The summed E-state index contributed by atoms with van der Waals surface area (Å²) in [5.74, 6) is 0. The molecule has 1 fully saturated rings. The number of H-pyrrole nitrogens is 1. The molecule has 5 nitrogen and oxygen atoms in total. The summed E-state index contributed by atoms with van der Waals surface area (Å²) in [6.07, 6.45) is 8.92. The number of rotatable bonds is 7. The lowest BCUT2D eigenvalue weighted by Crippen LogP contribution is -2.32. The van der Waals surface area contributed by atoms with Gasteiger partial charge in [0.25, 0.3) is 0 Å². The summed E-state index contributed by atoms with van der Waals surface area (Å²) in [7, 11) is 0.523. The van der Waals surface area contributed by atoms with Gasteiger partial charge in [0, 0.05) is 23.4 Å². The lowest BCUT2D eigenvalue weighted by molar-refractivity contribution is -0.107. The third-order valence-electron chi connectivity index (χ3n) is 5.60. The van der Waals surface area contributed by atoms with Crippen LogP contribution in [0.15, 0.2) is 47.4 Å². The fraction of sp³-hybridized carbons (Fsp3) is 0.375. The average molecular weight is 492 g/mol. The Kier molecular flexibility index (Phi) is 9.81. The highest BCUT2D eigenvalue weighted by Crippen LogP contribution is 2.33. The molecule has 172 valence electrons. The van der Waals surface area contributed by atoms with Crippen LogP contribution in [0.4, 0.5) is 0 Å². The Morgan fingerprint density at radius 1 is 1.19 bits per heavy atom. The van der Waals surface area contributed by atoms with E-state index in [1.165, 1.54) is 19.3 Å². The molecule has 0 radical (unpaired) electrons. The van der Waals surface area contributed by atoms with Crippen molar-refractivity contribution in [1.82, 2.24) is 14.4 Å². The SMILES string of the molecule is CNSC.O=CCc1c(-c2ccc(Cl)c(S(=O)NC3CCCCC3)c2)[nH]c2ccccc12. The van der Waals surface area contributed by atoms with E-state index in [1.54, 1.807) is 18.0 Å². The number of aldehydes is 1. The van der Waals surface area contributed by atoms with Crippen LogP contribution in [-0.2, 0) is 22.2 Å². The fourth-order valence-corrected chi connectivity index (χ4v) is 5.45. The molecule has 0 amide bonds. The van der Waals surface area contributed by atoms with E-state index in [0.717, 1.165) is 46.9 Å². The van der Waals surface area contributed by atoms with Crippen molar-refractivity contribution in [2.75, 3.05) is 13.3 Å². The number of hydrogen-bond donors (Lipinski definition) is 3. The number of nitrogens with one attached hydrogen (secondary N) is 3. The molecule has 1 atom stereocenters. The second-order valence-electron chi connectivity index (χ2n) is 7.67. The second kappa shape index (κ2) is 12.6. The van der Waals surface area contributed by atoms with E-state index in [4.69, 9.17) is 11.6 Å². The van der Waals surface area contributed by atoms with Crippen LogP contribution in [0.3, 0.4) is 0 Å². The van der Waals surface area contributed by atoms with Gasteiger partial charge in [-0.3, -0.25) is 4.72 Å². The third-order valence-corrected chi connectivity index (χ3v) is 7.74. The first-order valence-electron chi connectivity index (χ1n) is 10.8. The van der Waals surface area contributed by atoms with Gasteiger partial charge in [-0.25, -0.2) is 8.93 Å². The van der Waals surface area contributed by atoms with E-state index in [2.05, 4.69) is 14.4 Å². The van der Waals surface area contributed by atoms with Crippen molar-refractivity contribution in [3.05, 3.63) is 53.1 Å². The molecule has 3 N–H and O–H groups in total. The molecule has 32 heavy (non-hydrogen) atoms. The smallest absolute Gasteiger partial charge is 0.126 e. The largest absolute Gasteiger partial charge is 0.354 e. The number of halogens is 1. The van der Waals surface area contributed by atoms with Crippen LogP contribution in [0.5, 0.6) is 0 Å². The number of benzene rings is 2. The minimum absolute atomic E-state index is 0.271. The van der Waals surface area contributed by atoms with Crippen molar-refractivity contribution >= 4 is 51.7 Å². The summed E-state index contributed by atoms with van der Waals surface area (Å²) in [4.78, 5) is 15.3. The predicted octanol–water partition coefficient (Wildman–Crippen LogP) is 5.66. The van der Waals surface area contributed by atoms with Gasteiger partial charge in [-0.15, -0.1) is 0 Å². The summed E-state index contributed by atoms with van der Waals surface area (Å²) in [5.41, 5.74) is 3.68. The topological polar surface area (TPSA) is 74.0 Å². The van der Waals surface area contributed by atoms with Crippen molar-refractivity contribution in [1.29, 1.82) is 0 Å². The minimum atomic E-state index is -1.37. The van der Waals surface area contributed by atoms with E-state index >= 15 is 0 Å². The zero-order chi connectivity index (χ0) is 22.9. The van der Waals surface area contributed by atoms with E-state index in [9.17, 15) is 9.00 Å². The molecule has 1 unspecified atom stereocenters. The monoisotopic (exact) mass is 491 g/mol. The van der Waals surface area contributed by atoms with Gasteiger partial charge in [0.05, 0.1) is 15.6 Å². The molecule has 1 aliphatic rings. The number of carbonyl (C=O) groups is 1. The highest BCUT2D eigenvalue weighted by atomic mass is 35.5. The van der Waals surface area contributed by atoms with Gasteiger partial charge in [0.2, 0.25) is 0 Å². The van der Waals surface area contributed by atoms with Gasteiger partial charge in [-0.2, -0.15) is 0 Å². The zero-order valence-electron chi connectivity index (χ0n) is 18.4. The molecule has 1 heterocycles. The Labute approximate surface area is 201 Å². The Hall–Kier alpha value is -1.64. The van der Waals surface area contributed by atoms with Crippen molar-refractivity contribution in [3.63, 3.8) is 0 Å². The first-order chi connectivity index (χ1) is 15.6. The molecule has 0 saturated heterocycles. The highest BCUT2D eigenvalue weighted by molar-refractivity contribution is 7.96. The summed E-state index contributed by atoms with van der Waals surface area (Å²) >= 11 is 7.98. The van der Waals surface area contributed by atoms with Crippen molar-refractivity contribution < 1.29 is 9.00 Å². The lowest BCUT2D eigenvalue weighted by atomic mass is 9.96. The molecule has 0 aliphatic heterocycles. The molecule has 2 aromatic carbocycles. The Balaban J connectivity index is 0.000000668. The van der Waals surface area contributed by atoms with Gasteiger partial charge in [-0.1, -0.05) is 67.1 Å². The Morgan fingerprint density at radius 3 is 2.59 bits per heavy atom. The Morgan fingerprint density at radius 2 is 1.91 bits per heavy atom. The van der Waals surface area contributed by atoms with Crippen molar-refractivity contribution in [2.24, 2.45) is 0 Å². The van der Waals surface area contributed by atoms with Crippen LogP contribution < -0.4 is 9.44 Å². The first kappa shape index (κ1) is 25.0. The molecule has 3 aromatic rings. The summed E-state index contributed by atoms with van der Waals surface area (Å²) in [6, 6.07) is 13.8. The first-order valence-corrected chi connectivity index (χ1v) is 13.5. The standard InChI is InChI=1S/C22H23ClN2O2S.C2H7NS/c23-19-11-10-15(14-21(19)28(27)25-16-6-2-1-3-7-16)22-18(12-13-26)17-8-4-5-9-20(17)24-22;1-3-4-2/h4-5,8-11,13-14,16,24-25H,1-3,6-7,12H2;3H,1-2H3. The molecule has 1 saturated carbocycles. The van der Waals surface area contributed by atoms with Crippen molar-refractivity contribution in [3.8, 4) is 11.3 Å².